The molecule has 0 spiro atoms. The zero-order valence-corrected chi connectivity index (χ0v) is 8.03. The van der Waals surface area contributed by atoms with Crippen molar-refractivity contribution in [1.82, 2.24) is 0 Å². The van der Waals surface area contributed by atoms with E-state index in [0.717, 1.165) is 11.7 Å². The van der Waals surface area contributed by atoms with Crippen LogP contribution in [0, 0.1) is 5.92 Å². The molecule has 0 aromatic carbocycles. The molecule has 0 saturated carbocycles. The third-order valence-corrected chi connectivity index (χ3v) is 2.01. The standard InChI is InChI=1S/C7H17N3S/c1-6(2)3-4-11-5-10-7(8)9/h6H,3-5H2,1-2H3,(H4,8,9,10). The van der Waals surface area contributed by atoms with E-state index in [-0.39, 0.29) is 5.96 Å². The number of aliphatic imine (C=N–C) groups is 1. The third-order valence-electron chi connectivity index (χ3n) is 1.18. The molecule has 11 heavy (non-hydrogen) atoms. The lowest BCUT2D eigenvalue weighted by atomic mass is 10.2. The van der Waals surface area contributed by atoms with E-state index < -0.39 is 0 Å². The van der Waals surface area contributed by atoms with Gasteiger partial charge >= 0.3 is 0 Å². The molecule has 0 aliphatic rings. The van der Waals surface area contributed by atoms with Gasteiger partial charge in [-0.05, 0) is 18.1 Å². The fourth-order valence-electron chi connectivity index (χ4n) is 0.504. The van der Waals surface area contributed by atoms with E-state index in [1.165, 1.54) is 6.42 Å². The van der Waals surface area contributed by atoms with E-state index in [4.69, 9.17) is 11.5 Å². The molecule has 0 radical (unpaired) electrons. The summed E-state index contributed by atoms with van der Waals surface area (Å²) >= 11 is 1.76. The molecule has 0 unspecified atom stereocenters. The molecule has 0 atom stereocenters. The van der Waals surface area contributed by atoms with Crippen molar-refractivity contribution in [3.63, 3.8) is 0 Å². The quantitative estimate of drug-likeness (QED) is 0.372. The highest BCUT2D eigenvalue weighted by Gasteiger charge is 1.92. The zero-order valence-electron chi connectivity index (χ0n) is 7.21. The first-order valence-corrected chi connectivity index (χ1v) is 4.91. The van der Waals surface area contributed by atoms with Gasteiger partial charge in [0.05, 0.1) is 5.88 Å². The molecule has 3 nitrogen and oxygen atoms in total. The number of hydrogen-bond donors (Lipinski definition) is 2. The van der Waals surface area contributed by atoms with Crippen molar-refractivity contribution in [3.05, 3.63) is 0 Å². The molecular formula is C7H17N3S. The van der Waals surface area contributed by atoms with Crippen LogP contribution in [0.15, 0.2) is 4.99 Å². The van der Waals surface area contributed by atoms with Crippen molar-refractivity contribution in [2.75, 3.05) is 11.6 Å². The first-order valence-electron chi connectivity index (χ1n) is 3.76. The number of guanidine groups is 1. The van der Waals surface area contributed by atoms with Crippen molar-refractivity contribution < 1.29 is 0 Å². The van der Waals surface area contributed by atoms with E-state index >= 15 is 0 Å². The van der Waals surface area contributed by atoms with Gasteiger partial charge in [0, 0.05) is 0 Å². The van der Waals surface area contributed by atoms with E-state index in [0.29, 0.717) is 5.88 Å². The molecule has 4 heteroatoms. The Balaban J connectivity index is 3.09. The molecule has 0 heterocycles. The summed E-state index contributed by atoms with van der Waals surface area (Å²) in [6.07, 6.45) is 1.23. The lowest BCUT2D eigenvalue weighted by molar-refractivity contribution is 0.632. The highest BCUT2D eigenvalue weighted by molar-refractivity contribution is 7.99. The fourth-order valence-corrected chi connectivity index (χ4v) is 1.51. The van der Waals surface area contributed by atoms with E-state index in [1.54, 1.807) is 11.8 Å². The van der Waals surface area contributed by atoms with Crippen molar-refractivity contribution in [3.8, 4) is 0 Å². The molecule has 0 aromatic heterocycles. The summed E-state index contributed by atoms with van der Waals surface area (Å²) in [6, 6.07) is 0. The first-order chi connectivity index (χ1) is 5.13. The van der Waals surface area contributed by atoms with Gasteiger partial charge in [-0.2, -0.15) is 0 Å². The predicted molar refractivity (Wildman–Crippen MR) is 52.6 cm³/mol. The maximum absolute atomic E-state index is 5.15. The molecule has 0 aromatic rings. The molecular weight excluding hydrogens is 158 g/mol. The maximum Gasteiger partial charge on any atom is 0.186 e. The normalized spacial score (nSPS) is 10.1. The average Bonchev–Trinajstić information content (AvgIpc) is 1.85. The van der Waals surface area contributed by atoms with Crippen LogP contribution in [0.2, 0.25) is 0 Å². The second-order valence-electron chi connectivity index (χ2n) is 2.80. The molecule has 0 amide bonds. The minimum atomic E-state index is 0.182. The Hall–Kier alpha value is -0.380. The molecule has 0 saturated heterocycles. The second kappa shape index (κ2) is 6.34. The maximum atomic E-state index is 5.15. The summed E-state index contributed by atoms with van der Waals surface area (Å²) in [4.78, 5) is 3.86. The minimum absolute atomic E-state index is 0.182. The molecule has 66 valence electrons. The van der Waals surface area contributed by atoms with Gasteiger partial charge < -0.3 is 11.5 Å². The van der Waals surface area contributed by atoms with Crippen LogP contribution in [0.25, 0.3) is 0 Å². The number of rotatable bonds is 5. The average molecular weight is 175 g/mol. The second-order valence-corrected chi connectivity index (χ2v) is 3.88. The summed E-state index contributed by atoms with van der Waals surface area (Å²) in [6.45, 7) is 4.42. The number of hydrogen-bond acceptors (Lipinski definition) is 2. The van der Waals surface area contributed by atoms with Crippen LogP contribution >= 0.6 is 11.8 Å². The van der Waals surface area contributed by atoms with Crippen molar-refractivity contribution in [1.29, 1.82) is 0 Å². The summed E-state index contributed by atoms with van der Waals surface area (Å²) in [5.74, 6) is 2.77. The van der Waals surface area contributed by atoms with Gasteiger partial charge in [0.1, 0.15) is 0 Å². The van der Waals surface area contributed by atoms with E-state index in [2.05, 4.69) is 18.8 Å². The largest absolute Gasteiger partial charge is 0.370 e. The van der Waals surface area contributed by atoms with Crippen LogP contribution in [0.1, 0.15) is 20.3 Å². The highest BCUT2D eigenvalue weighted by atomic mass is 32.2. The number of nitrogens with two attached hydrogens (primary N) is 2. The van der Waals surface area contributed by atoms with Crippen molar-refractivity contribution in [2.45, 2.75) is 20.3 Å². The Morgan fingerprint density at radius 2 is 2.09 bits per heavy atom. The smallest absolute Gasteiger partial charge is 0.186 e. The van der Waals surface area contributed by atoms with Crippen LogP contribution in [-0.4, -0.2) is 17.6 Å². The molecule has 4 N–H and O–H groups in total. The SMILES string of the molecule is CC(C)CCSCN=C(N)N. The Morgan fingerprint density at radius 1 is 1.45 bits per heavy atom. The van der Waals surface area contributed by atoms with E-state index in [9.17, 15) is 0 Å². The summed E-state index contributed by atoms with van der Waals surface area (Å²) in [7, 11) is 0. The van der Waals surface area contributed by atoms with Gasteiger partial charge in [-0.1, -0.05) is 13.8 Å². The lowest BCUT2D eigenvalue weighted by Crippen LogP contribution is -2.22. The highest BCUT2D eigenvalue weighted by Crippen LogP contribution is 2.08. The monoisotopic (exact) mass is 175 g/mol. The van der Waals surface area contributed by atoms with Crippen LogP contribution in [0.4, 0.5) is 0 Å². The van der Waals surface area contributed by atoms with Crippen LogP contribution < -0.4 is 11.5 Å². The Labute approximate surface area is 72.6 Å². The Bertz CT molecular complexity index is 119. The molecule has 0 fully saturated rings. The fraction of sp³-hybridized carbons (Fsp3) is 0.857. The van der Waals surface area contributed by atoms with Gasteiger partial charge in [0.25, 0.3) is 0 Å². The summed E-state index contributed by atoms with van der Waals surface area (Å²) in [5.41, 5.74) is 10.3. The predicted octanol–water partition coefficient (Wildman–Crippen LogP) is 0.997. The van der Waals surface area contributed by atoms with Gasteiger partial charge in [-0.25, -0.2) is 4.99 Å². The van der Waals surface area contributed by atoms with Crippen molar-refractivity contribution >= 4 is 17.7 Å². The molecule has 0 aliphatic carbocycles. The van der Waals surface area contributed by atoms with Crippen molar-refractivity contribution in [2.24, 2.45) is 22.4 Å². The van der Waals surface area contributed by atoms with Crippen LogP contribution in [-0.2, 0) is 0 Å². The summed E-state index contributed by atoms with van der Waals surface area (Å²) < 4.78 is 0. The van der Waals surface area contributed by atoms with Gasteiger partial charge in [0.15, 0.2) is 5.96 Å². The van der Waals surface area contributed by atoms with Gasteiger partial charge in [-0.15, -0.1) is 11.8 Å². The topological polar surface area (TPSA) is 64.4 Å². The Morgan fingerprint density at radius 3 is 2.55 bits per heavy atom. The lowest BCUT2D eigenvalue weighted by Gasteiger charge is -2.01. The Kier molecular flexibility index (Phi) is 6.12. The number of thioether (sulfide) groups is 1. The van der Waals surface area contributed by atoms with Gasteiger partial charge in [0.2, 0.25) is 0 Å². The van der Waals surface area contributed by atoms with Crippen LogP contribution in [0.3, 0.4) is 0 Å². The number of nitrogens with zero attached hydrogens (tertiary/aromatic N) is 1. The van der Waals surface area contributed by atoms with Crippen LogP contribution in [0.5, 0.6) is 0 Å². The molecule has 0 aliphatic heterocycles. The minimum Gasteiger partial charge on any atom is -0.370 e. The van der Waals surface area contributed by atoms with Gasteiger partial charge in [-0.3, -0.25) is 0 Å². The first kappa shape index (κ1) is 10.6. The van der Waals surface area contributed by atoms with E-state index in [1.807, 2.05) is 0 Å². The molecule has 0 rings (SSSR count). The zero-order chi connectivity index (χ0) is 8.69. The molecule has 0 bridgehead atoms. The summed E-state index contributed by atoms with van der Waals surface area (Å²) in [5, 5.41) is 0. The third kappa shape index (κ3) is 9.62.